The van der Waals surface area contributed by atoms with E-state index in [1.165, 1.54) is 18.2 Å². The summed E-state index contributed by atoms with van der Waals surface area (Å²) in [7, 11) is 0. The van der Waals surface area contributed by atoms with Crippen LogP contribution in [0, 0.1) is 0 Å². The number of urea groups is 2. The van der Waals surface area contributed by atoms with E-state index in [4.69, 9.17) is 23.2 Å². The van der Waals surface area contributed by atoms with Crippen LogP contribution < -0.4 is 10.2 Å². The summed E-state index contributed by atoms with van der Waals surface area (Å²) in [5.74, 6) is -0.603. The lowest BCUT2D eigenvalue weighted by atomic mass is 10.3. The molecule has 0 spiro atoms. The fourth-order valence-corrected chi connectivity index (χ4v) is 2.42. The van der Waals surface area contributed by atoms with Crippen LogP contribution in [-0.2, 0) is 4.79 Å². The van der Waals surface area contributed by atoms with Crippen LogP contribution in [0.1, 0.15) is 13.8 Å². The van der Waals surface area contributed by atoms with E-state index < -0.39 is 18.0 Å². The minimum atomic E-state index is -0.740. The smallest absolute Gasteiger partial charge is 0.335 e. The molecule has 0 unspecified atom stereocenters. The summed E-state index contributed by atoms with van der Waals surface area (Å²) in [6.45, 7) is 3.23. The molecule has 1 aliphatic heterocycles. The number of nitrogens with one attached hydrogen (secondary N) is 1. The van der Waals surface area contributed by atoms with Crippen LogP contribution in [-0.4, -0.2) is 35.5 Å². The molecule has 0 saturated carbocycles. The van der Waals surface area contributed by atoms with Gasteiger partial charge in [0.2, 0.25) is 0 Å². The van der Waals surface area contributed by atoms with Crippen molar-refractivity contribution in [2.45, 2.75) is 19.9 Å². The third-order valence-corrected chi connectivity index (χ3v) is 3.18. The average Bonchev–Trinajstić information content (AvgIpc) is 2.62. The summed E-state index contributed by atoms with van der Waals surface area (Å²) in [6.07, 6.45) is 0. The summed E-state index contributed by atoms with van der Waals surface area (Å²) in [4.78, 5) is 37.8. The second-order valence-corrected chi connectivity index (χ2v) is 5.70. The number of nitrogens with zero attached hydrogens (tertiary/aromatic N) is 2. The number of amides is 5. The maximum Gasteiger partial charge on any atom is 0.340 e. The zero-order valence-electron chi connectivity index (χ0n) is 11.4. The van der Waals surface area contributed by atoms with Gasteiger partial charge in [0.1, 0.15) is 6.54 Å². The highest BCUT2D eigenvalue weighted by Gasteiger charge is 2.41. The van der Waals surface area contributed by atoms with Gasteiger partial charge in [-0.3, -0.25) is 9.69 Å². The second-order valence-electron chi connectivity index (χ2n) is 4.83. The van der Waals surface area contributed by atoms with Crippen molar-refractivity contribution in [3.05, 3.63) is 28.2 Å². The third kappa shape index (κ3) is 3.28. The van der Waals surface area contributed by atoms with Crippen LogP contribution in [0.5, 0.6) is 0 Å². The molecule has 1 saturated heterocycles. The van der Waals surface area contributed by atoms with E-state index >= 15 is 0 Å². The van der Waals surface area contributed by atoms with E-state index in [-0.39, 0.29) is 12.6 Å². The Morgan fingerprint density at radius 2 is 1.76 bits per heavy atom. The molecule has 1 aliphatic rings. The molecular weight excluding hydrogens is 317 g/mol. The zero-order valence-corrected chi connectivity index (χ0v) is 12.9. The normalized spacial score (nSPS) is 15.1. The molecule has 0 atom stereocenters. The lowest BCUT2D eigenvalue weighted by Crippen LogP contribution is -2.46. The molecule has 1 fully saturated rings. The molecule has 112 valence electrons. The molecule has 1 N–H and O–H groups in total. The molecule has 1 aromatic carbocycles. The van der Waals surface area contributed by atoms with Crippen molar-refractivity contribution < 1.29 is 14.4 Å². The Balaban J connectivity index is 2.27. The lowest BCUT2D eigenvalue weighted by Gasteiger charge is -2.18. The molecule has 0 bridgehead atoms. The first kappa shape index (κ1) is 15.6. The Morgan fingerprint density at radius 3 is 2.29 bits per heavy atom. The number of anilines is 1. The molecule has 1 aromatic rings. The van der Waals surface area contributed by atoms with E-state index in [1.807, 2.05) is 0 Å². The largest absolute Gasteiger partial charge is 0.340 e. The predicted molar refractivity (Wildman–Crippen MR) is 79.7 cm³/mol. The first-order valence-electron chi connectivity index (χ1n) is 6.20. The van der Waals surface area contributed by atoms with Gasteiger partial charge in [0.05, 0.1) is 0 Å². The van der Waals surface area contributed by atoms with Crippen LogP contribution in [0.2, 0.25) is 10.0 Å². The number of carbonyl (C=O) groups is 3. The second kappa shape index (κ2) is 5.91. The van der Waals surface area contributed by atoms with Gasteiger partial charge in [-0.15, -0.1) is 0 Å². The maximum atomic E-state index is 12.2. The molecule has 0 radical (unpaired) electrons. The molecule has 0 aliphatic carbocycles. The third-order valence-electron chi connectivity index (χ3n) is 2.74. The minimum absolute atomic E-state index is 0.187. The molecule has 5 amide bonds. The molecular formula is C13H13Cl2N3O3. The van der Waals surface area contributed by atoms with Crippen molar-refractivity contribution in [3.8, 4) is 0 Å². The Kier molecular flexibility index (Phi) is 4.39. The van der Waals surface area contributed by atoms with Crippen molar-refractivity contribution in [2.75, 3.05) is 11.4 Å². The van der Waals surface area contributed by atoms with Crippen LogP contribution >= 0.6 is 23.2 Å². The van der Waals surface area contributed by atoms with Gasteiger partial charge < -0.3 is 5.32 Å². The summed E-state index contributed by atoms with van der Waals surface area (Å²) in [5, 5.41) is 3.18. The van der Waals surface area contributed by atoms with E-state index in [0.717, 1.165) is 4.90 Å². The van der Waals surface area contributed by atoms with E-state index in [0.29, 0.717) is 20.6 Å². The van der Waals surface area contributed by atoms with Gasteiger partial charge in [-0.2, -0.15) is 4.90 Å². The topological polar surface area (TPSA) is 69.7 Å². The van der Waals surface area contributed by atoms with Gasteiger partial charge in [-0.05, 0) is 32.0 Å². The highest BCUT2D eigenvalue weighted by molar-refractivity contribution is 6.35. The predicted octanol–water partition coefficient (Wildman–Crippen LogP) is 2.88. The summed E-state index contributed by atoms with van der Waals surface area (Å²) < 4.78 is 0. The first-order valence-corrected chi connectivity index (χ1v) is 6.96. The lowest BCUT2D eigenvalue weighted by molar-refractivity contribution is -0.122. The SMILES string of the molecule is CC(C)NC(=O)N1C(=O)CN(c2cc(Cl)cc(Cl)c2)C1=O. The Bertz CT molecular complexity index is 598. The Labute approximate surface area is 131 Å². The summed E-state index contributed by atoms with van der Waals surface area (Å²) in [5.41, 5.74) is 0.366. The molecule has 1 heterocycles. The molecule has 21 heavy (non-hydrogen) atoms. The summed E-state index contributed by atoms with van der Waals surface area (Å²) in [6, 6.07) is 2.86. The number of hydrogen-bond acceptors (Lipinski definition) is 3. The standard InChI is InChI=1S/C13H13Cl2N3O3/c1-7(2)16-12(20)18-11(19)6-17(13(18)21)10-4-8(14)3-9(15)5-10/h3-5,7H,6H2,1-2H3,(H,16,20). The molecule has 8 heteroatoms. The van der Waals surface area contributed by atoms with Gasteiger partial charge >= 0.3 is 12.1 Å². The van der Waals surface area contributed by atoms with Crippen LogP contribution in [0.3, 0.4) is 0 Å². The van der Waals surface area contributed by atoms with Crippen molar-refractivity contribution in [1.29, 1.82) is 0 Å². The summed E-state index contributed by atoms with van der Waals surface area (Å²) >= 11 is 11.8. The number of carbonyl (C=O) groups excluding carboxylic acids is 3. The monoisotopic (exact) mass is 329 g/mol. The fraction of sp³-hybridized carbons (Fsp3) is 0.308. The van der Waals surface area contributed by atoms with Crippen molar-refractivity contribution >= 4 is 46.9 Å². The van der Waals surface area contributed by atoms with Crippen LogP contribution in [0.25, 0.3) is 0 Å². The van der Waals surface area contributed by atoms with Gasteiger partial charge in [0.25, 0.3) is 5.91 Å². The average molecular weight is 330 g/mol. The number of hydrogen-bond donors (Lipinski definition) is 1. The van der Waals surface area contributed by atoms with Crippen molar-refractivity contribution in [2.24, 2.45) is 0 Å². The van der Waals surface area contributed by atoms with Crippen LogP contribution in [0.15, 0.2) is 18.2 Å². The fourth-order valence-electron chi connectivity index (χ4n) is 1.91. The number of rotatable bonds is 2. The van der Waals surface area contributed by atoms with Gasteiger partial charge in [-0.25, -0.2) is 9.59 Å². The molecule has 0 aromatic heterocycles. The van der Waals surface area contributed by atoms with Gasteiger partial charge in [0, 0.05) is 21.8 Å². The Morgan fingerprint density at radius 1 is 1.19 bits per heavy atom. The first-order chi connectivity index (χ1) is 9.79. The van der Waals surface area contributed by atoms with Gasteiger partial charge in [-0.1, -0.05) is 23.2 Å². The van der Waals surface area contributed by atoms with Crippen LogP contribution in [0.4, 0.5) is 15.3 Å². The Hall–Kier alpha value is -1.79. The zero-order chi connectivity index (χ0) is 15.7. The van der Waals surface area contributed by atoms with E-state index in [1.54, 1.807) is 13.8 Å². The van der Waals surface area contributed by atoms with Crippen molar-refractivity contribution in [1.82, 2.24) is 10.2 Å². The van der Waals surface area contributed by atoms with E-state index in [2.05, 4.69) is 5.32 Å². The molecule has 2 rings (SSSR count). The number of imide groups is 3. The quantitative estimate of drug-likeness (QED) is 0.848. The molecule has 6 nitrogen and oxygen atoms in total. The van der Waals surface area contributed by atoms with E-state index in [9.17, 15) is 14.4 Å². The minimum Gasteiger partial charge on any atom is -0.335 e. The highest BCUT2D eigenvalue weighted by Crippen LogP contribution is 2.28. The number of benzene rings is 1. The van der Waals surface area contributed by atoms with Gasteiger partial charge in [0.15, 0.2) is 0 Å². The number of halogens is 2. The maximum absolute atomic E-state index is 12.2. The van der Waals surface area contributed by atoms with Crippen molar-refractivity contribution in [3.63, 3.8) is 0 Å². The highest BCUT2D eigenvalue weighted by atomic mass is 35.5.